The molecule has 1 aliphatic carbocycles. The molecule has 2 fully saturated rings. The molecule has 1 aliphatic heterocycles. The van der Waals surface area contributed by atoms with Gasteiger partial charge in [0.1, 0.15) is 0 Å². The average molecular weight is 355 g/mol. The van der Waals surface area contributed by atoms with Crippen LogP contribution in [0.25, 0.3) is 11.1 Å². The number of benzene rings is 1. The fourth-order valence-electron chi connectivity index (χ4n) is 4.44. The van der Waals surface area contributed by atoms with E-state index in [0.29, 0.717) is 13.1 Å². The highest BCUT2D eigenvalue weighted by Crippen LogP contribution is 2.50. The zero-order valence-corrected chi connectivity index (χ0v) is 15.1. The van der Waals surface area contributed by atoms with Crippen molar-refractivity contribution in [2.75, 3.05) is 20.2 Å². The van der Waals surface area contributed by atoms with E-state index in [9.17, 15) is 9.59 Å². The third kappa shape index (κ3) is 2.58. The number of esters is 1. The molecule has 130 valence electrons. The third-order valence-electron chi connectivity index (χ3n) is 5.69. The van der Waals surface area contributed by atoms with Crippen LogP contribution in [-0.4, -0.2) is 37.0 Å². The van der Waals surface area contributed by atoms with E-state index in [1.165, 1.54) is 18.4 Å². The number of methoxy groups -OCH3 is 1. The van der Waals surface area contributed by atoms with Crippen LogP contribution in [0.15, 0.2) is 41.8 Å². The number of amides is 1. The molecule has 0 spiro atoms. The average Bonchev–Trinajstić information content (AvgIpc) is 3.35. The monoisotopic (exact) mass is 355 g/mol. The standard InChI is InChI=1S/C20H21NO3S/c1-24-19(23)20-10-5-8-15(20)12-21(13-20)18(22)17-16(9-11-25-17)14-6-3-2-4-7-14/h2-4,6-7,9,11,15H,5,8,10,12-13H2,1H3/t15-,20-/m1/s1. The number of fused-ring (bicyclic) bond motifs is 1. The lowest BCUT2D eigenvalue weighted by Crippen LogP contribution is -2.38. The Balaban J connectivity index is 1.62. The fraction of sp³-hybridized carbons (Fsp3) is 0.400. The van der Waals surface area contributed by atoms with E-state index in [1.54, 1.807) is 0 Å². The molecule has 5 heteroatoms. The Bertz CT molecular complexity index is 800. The van der Waals surface area contributed by atoms with Crippen LogP contribution >= 0.6 is 11.3 Å². The minimum atomic E-state index is -0.491. The molecule has 25 heavy (non-hydrogen) atoms. The summed E-state index contributed by atoms with van der Waals surface area (Å²) in [4.78, 5) is 28.2. The van der Waals surface area contributed by atoms with Crippen molar-refractivity contribution in [3.8, 4) is 11.1 Å². The summed E-state index contributed by atoms with van der Waals surface area (Å²) in [6.45, 7) is 1.13. The molecule has 2 heterocycles. The topological polar surface area (TPSA) is 46.6 Å². The van der Waals surface area contributed by atoms with Crippen molar-refractivity contribution in [1.82, 2.24) is 4.90 Å². The van der Waals surface area contributed by atoms with Gasteiger partial charge in [0.25, 0.3) is 5.91 Å². The Labute approximate surface area is 151 Å². The zero-order chi connectivity index (χ0) is 17.4. The van der Waals surface area contributed by atoms with Gasteiger partial charge in [-0.15, -0.1) is 11.3 Å². The van der Waals surface area contributed by atoms with Gasteiger partial charge in [-0.2, -0.15) is 0 Å². The normalized spacial score (nSPS) is 25.0. The van der Waals surface area contributed by atoms with Crippen LogP contribution < -0.4 is 0 Å². The van der Waals surface area contributed by atoms with Crippen LogP contribution in [0.1, 0.15) is 28.9 Å². The second kappa shape index (κ2) is 6.30. The van der Waals surface area contributed by atoms with Gasteiger partial charge in [-0.3, -0.25) is 9.59 Å². The summed E-state index contributed by atoms with van der Waals surface area (Å²) in [5.41, 5.74) is 1.53. The number of thiophene rings is 1. The number of hydrogen-bond acceptors (Lipinski definition) is 4. The first-order valence-corrected chi connectivity index (χ1v) is 9.54. The molecule has 2 aliphatic rings. The lowest BCUT2D eigenvalue weighted by molar-refractivity contribution is -0.153. The van der Waals surface area contributed by atoms with Crippen LogP contribution in [-0.2, 0) is 9.53 Å². The number of ether oxygens (including phenoxy) is 1. The van der Waals surface area contributed by atoms with Crippen molar-refractivity contribution in [3.63, 3.8) is 0 Å². The Morgan fingerprint density at radius 2 is 2.04 bits per heavy atom. The molecule has 0 N–H and O–H groups in total. The van der Waals surface area contributed by atoms with Crippen LogP contribution in [0.2, 0.25) is 0 Å². The maximum absolute atomic E-state index is 13.2. The molecule has 2 atom stereocenters. The summed E-state index contributed by atoms with van der Waals surface area (Å²) in [5.74, 6) is 0.107. The van der Waals surface area contributed by atoms with Gasteiger partial charge in [-0.05, 0) is 35.8 Å². The van der Waals surface area contributed by atoms with Crippen LogP contribution in [0, 0.1) is 11.3 Å². The molecule has 0 bridgehead atoms. The predicted molar refractivity (Wildman–Crippen MR) is 97.4 cm³/mol. The van der Waals surface area contributed by atoms with Crippen molar-refractivity contribution in [3.05, 3.63) is 46.7 Å². The summed E-state index contributed by atoms with van der Waals surface area (Å²) in [5, 5.41) is 1.96. The SMILES string of the molecule is COC(=O)[C@@]12CCC[C@@H]1CN(C(=O)c1sccc1-c1ccccc1)C2. The first-order chi connectivity index (χ1) is 12.2. The van der Waals surface area contributed by atoms with Gasteiger partial charge >= 0.3 is 5.97 Å². The lowest BCUT2D eigenvalue weighted by atomic mass is 9.81. The second-order valence-electron chi connectivity index (χ2n) is 6.95. The van der Waals surface area contributed by atoms with Gasteiger partial charge in [0.15, 0.2) is 0 Å². The highest BCUT2D eigenvalue weighted by Gasteiger charge is 2.56. The molecular weight excluding hydrogens is 334 g/mol. The minimum Gasteiger partial charge on any atom is -0.469 e. The quantitative estimate of drug-likeness (QED) is 0.786. The molecule has 1 aromatic carbocycles. The van der Waals surface area contributed by atoms with Crippen molar-refractivity contribution >= 4 is 23.2 Å². The number of rotatable bonds is 3. The van der Waals surface area contributed by atoms with Crippen molar-refractivity contribution in [1.29, 1.82) is 0 Å². The Kier molecular flexibility index (Phi) is 4.12. The third-order valence-corrected chi connectivity index (χ3v) is 6.60. The maximum atomic E-state index is 13.2. The summed E-state index contributed by atoms with van der Waals surface area (Å²) in [7, 11) is 1.45. The minimum absolute atomic E-state index is 0.0338. The van der Waals surface area contributed by atoms with Crippen LogP contribution in [0.4, 0.5) is 0 Å². The van der Waals surface area contributed by atoms with Gasteiger partial charge in [0, 0.05) is 18.7 Å². The van der Waals surface area contributed by atoms with E-state index < -0.39 is 5.41 Å². The zero-order valence-electron chi connectivity index (χ0n) is 14.2. The van der Waals surface area contributed by atoms with Gasteiger partial charge < -0.3 is 9.64 Å². The molecular formula is C20H21NO3S. The highest BCUT2D eigenvalue weighted by atomic mass is 32.1. The molecule has 0 radical (unpaired) electrons. The van der Waals surface area contributed by atoms with E-state index in [0.717, 1.165) is 35.3 Å². The van der Waals surface area contributed by atoms with Gasteiger partial charge in [-0.25, -0.2) is 0 Å². The molecule has 1 aromatic heterocycles. The second-order valence-corrected chi connectivity index (χ2v) is 7.87. The Hall–Kier alpha value is -2.14. The number of hydrogen-bond donors (Lipinski definition) is 0. The summed E-state index contributed by atoms with van der Waals surface area (Å²) in [6.07, 6.45) is 2.86. The summed E-state index contributed by atoms with van der Waals surface area (Å²) in [6, 6.07) is 12.0. The maximum Gasteiger partial charge on any atom is 0.313 e. The van der Waals surface area contributed by atoms with Crippen molar-refractivity contribution in [2.45, 2.75) is 19.3 Å². The summed E-state index contributed by atoms with van der Waals surface area (Å²) < 4.78 is 5.08. The van der Waals surface area contributed by atoms with Gasteiger partial charge in [0.2, 0.25) is 0 Å². The Morgan fingerprint density at radius 3 is 2.80 bits per heavy atom. The number of likely N-dealkylation sites (tertiary alicyclic amines) is 1. The van der Waals surface area contributed by atoms with Crippen molar-refractivity contribution in [2.24, 2.45) is 11.3 Å². The molecule has 4 nitrogen and oxygen atoms in total. The van der Waals surface area contributed by atoms with Crippen LogP contribution in [0.5, 0.6) is 0 Å². The largest absolute Gasteiger partial charge is 0.469 e. The number of carbonyl (C=O) groups excluding carboxylic acids is 2. The van der Waals surface area contributed by atoms with E-state index in [2.05, 4.69) is 0 Å². The summed E-state index contributed by atoms with van der Waals surface area (Å²) >= 11 is 1.47. The van der Waals surface area contributed by atoms with Gasteiger partial charge in [0.05, 0.1) is 17.4 Å². The molecule has 1 amide bonds. The molecule has 2 aromatic rings. The molecule has 1 saturated heterocycles. The lowest BCUT2D eigenvalue weighted by Gasteiger charge is -2.25. The van der Waals surface area contributed by atoms with E-state index in [4.69, 9.17) is 4.74 Å². The first kappa shape index (κ1) is 16.3. The highest BCUT2D eigenvalue weighted by molar-refractivity contribution is 7.12. The number of carbonyl (C=O) groups is 2. The van der Waals surface area contributed by atoms with E-state index in [1.807, 2.05) is 46.7 Å². The number of nitrogens with zero attached hydrogens (tertiary/aromatic N) is 1. The first-order valence-electron chi connectivity index (χ1n) is 8.66. The fourth-order valence-corrected chi connectivity index (χ4v) is 5.33. The van der Waals surface area contributed by atoms with Crippen LogP contribution in [0.3, 0.4) is 0 Å². The smallest absolute Gasteiger partial charge is 0.313 e. The van der Waals surface area contributed by atoms with E-state index in [-0.39, 0.29) is 17.8 Å². The molecule has 1 saturated carbocycles. The Morgan fingerprint density at radius 1 is 1.24 bits per heavy atom. The molecule has 4 rings (SSSR count). The van der Waals surface area contributed by atoms with E-state index >= 15 is 0 Å². The predicted octanol–water partition coefficient (Wildman–Crippen LogP) is 3.83. The molecule has 0 unspecified atom stereocenters. The van der Waals surface area contributed by atoms with Crippen molar-refractivity contribution < 1.29 is 14.3 Å². The van der Waals surface area contributed by atoms with Gasteiger partial charge in [-0.1, -0.05) is 36.8 Å².